The summed E-state index contributed by atoms with van der Waals surface area (Å²) in [5.74, 6) is -0.647. The van der Waals surface area contributed by atoms with E-state index in [0.29, 0.717) is 12.3 Å². The van der Waals surface area contributed by atoms with Gasteiger partial charge in [0.1, 0.15) is 0 Å². The Bertz CT molecular complexity index is 311. The van der Waals surface area contributed by atoms with Gasteiger partial charge in [0.15, 0.2) is 6.04 Å². The van der Waals surface area contributed by atoms with Gasteiger partial charge in [-0.1, -0.05) is 31.8 Å². The molecule has 1 unspecified atom stereocenters. The first kappa shape index (κ1) is 15.7. The zero-order valence-electron chi connectivity index (χ0n) is 11.3. The fourth-order valence-corrected chi connectivity index (χ4v) is 2.34. The first-order chi connectivity index (χ1) is 9.13. The van der Waals surface area contributed by atoms with E-state index < -0.39 is 12.0 Å². The van der Waals surface area contributed by atoms with Crippen molar-refractivity contribution in [3.8, 4) is 0 Å². The third kappa shape index (κ3) is 6.38. The average molecular weight is 269 g/mol. The van der Waals surface area contributed by atoms with Crippen LogP contribution in [0.15, 0.2) is 12.7 Å². The van der Waals surface area contributed by atoms with E-state index in [4.69, 9.17) is 9.84 Å². The molecule has 5 nitrogen and oxygen atoms in total. The second-order valence-corrected chi connectivity index (χ2v) is 4.97. The van der Waals surface area contributed by atoms with Crippen molar-refractivity contribution in [3.63, 3.8) is 0 Å². The highest BCUT2D eigenvalue weighted by Crippen LogP contribution is 2.28. The van der Waals surface area contributed by atoms with Crippen molar-refractivity contribution in [3.05, 3.63) is 12.7 Å². The van der Waals surface area contributed by atoms with Crippen LogP contribution in [0, 0.1) is 5.92 Å². The molecule has 0 radical (unpaired) electrons. The lowest BCUT2D eigenvalue weighted by molar-refractivity contribution is -0.143. The molecule has 0 bridgehead atoms. The maximum Gasteiger partial charge on any atom is 0.328 e. The molecule has 1 fully saturated rings. The van der Waals surface area contributed by atoms with E-state index >= 15 is 0 Å². The lowest BCUT2D eigenvalue weighted by atomic mass is 10.0. The number of ether oxygens (including phenoxy) is 1. The van der Waals surface area contributed by atoms with E-state index in [2.05, 4.69) is 11.9 Å². The van der Waals surface area contributed by atoms with Crippen LogP contribution in [0.1, 0.15) is 38.5 Å². The molecule has 0 aromatic carbocycles. The van der Waals surface area contributed by atoms with Crippen LogP contribution in [0.3, 0.4) is 0 Å². The van der Waals surface area contributed by atoms with Gasteiger partial charge >= 0.3 is 5.97 Å². The van der Waals surface area contributed by atoms with Gasteiger partial charge in [0.25, 0.3) is 0 Å². The lowest BCUT2D eigenvalue weighted by Gasteiger charge is -2.15. The zero-order valence-corrected chi connectivity index (χ0v) is 11.3. The summed E-state index contributed by atoms with van der Waals surface area (Å²) in [6.07, 6.45) is 7.68. The first-order valence-electron chi connectivity index (χ1n) is 6.84. The molecule has 0 saturated heterocycles. The van der Waals surface area contributed by atoms with Crippen LogP contribution in [0.2, 0.25) is 0 Å². The van der Waals surface area contributed by atoms with Crippen molar-refractivity contribution in [2.24, 2.45) is 5.92 Å². The van der Waals surface area contributed by atoms with Gasteiger partial charge in [-0.3, -0.25) is 4.79 Å². The molecule has 5 heteroatoms. The molecule has 1 amide bonds. The number of hydrogen-bond donors (Lipinski definition) is 2. The summed E-state index contributed by atoms with van der Waals surface area (Å²) in [5.41, 5.74) is 0. The second-order valence-electron chi connectivity index (χ2n) is 4.97. The van der Waals surface area contributed by atoms with Gasteiger partial charge in [0.05, 0.1) is 13.2 Å². The van der Waals surface area contributed by atoms with E-state index in [-0.39, 0.29) is 19.1 Å². The van der Waals surface area contributed by atoms with Gasteiger partial charge in [-0.15, -0.1) is 6.58 Å². The second kappa shape index (κ2) is 8.69. The fraction of sp³-hybridized carbons (Fsp3) is 0.714. The third-order valence-electron chi connectivity index (χ3n) is 3.41. The maximum atomic E-state index is 11.7. The molecule has 0 heterocycles. The molecule has 1 saturated carbocycles. The average Bonchev–Trinajstić information content (AvgIpc) is 2.88. The molecule has 1 aliphatic carbocycles. The fourth-order valence-electron chi connectivity index (χ4n) is 2.34. The van der Waals surface area contributed by atoms with Crippen LogP contribution >= 0.6 is 0 Å². The monoisotopic (exact) mass is 269 g/mol. The minimum atomic E-state index is -1.07. The van der Waals surface area contributed by atoms with Crippen LogP contribution in [0.5, 0.6) is 0 Å². The largest absolute Gasteiger partial charge is 0.480 e. The van der Waals surface area contributed by atoms with Crippen LogP contribution < -0.4 is 5.32 Å². The van der Waals surface area contributed by atoms with Gasteiger partial charge < -0.3 is 15.2 Å². The normalized spacial score (nSPS) is 17.1. The molecular weight excluding hydrogens is 246 g/mol. The van der Waals surface area contributed by atoms with Crippen LogP contribution in [-0.2, 0) is 14.3 Å². The quantitative estimate of drug-likeness (QED) is 0.494. The molecule has 2 N–H and O–H groups in total. The Labute approximate surface area is 114 Å². The summed E-state index contributed by atoms with van der Waals surface area (Å²) >= 11 is 0. The number of carbonyl (C=O) groups excluding carboxylic acids is 1. The van der Waals surface area contributed by atoms with Crippen LogP contribution in [0.4, 0.5) is 0 Å². The van der Waals surface area contributed by atoms with E-state index in [1.165, 1.54) is 25.7 Å². The van der Waals surface area contributed by atoms with E-state index in [1.807, 2.05) is 0 Å². The molecule has 0 aromatic heterocycles. The van der Waals surface area contributed by atoms with Gasteiger partial charge in [-0.05, 0) is 12.3 Å². The Morgan fingerprint density at radius 1 is 1.42 bits per heavy atom. The Morgan fingerprint density at radius 3 is 2.68 bits per heavy atom. The maximum absolute atomic E-state index is 11.7. The summed E-state index contributed by atoms with van der Waals surface area (Å²) in [6.45, 7) is 3.73. The molecule has 19 heavy (non-hydrogen) atoms. The minimum Gasteiger partial charge on any atom is -0.480 e. The number of amides is 1. The highest BCUT2D eigenvalue weighted by molar-refractivity contribution is 5.83. The van der Waals surface area contributed by atoms with Crippen molar-refractivity contribution in [2.45, 2.75) is 44.6 Å². The Balaban J connectivity index is 2.25. The topological polar surface area (TPSA) is 75.6 Å². The van der Waals surface area contributed by atoms with Crippen LogP contribution in [0.25, 0.3) is 0 Å². The number of hydrogen-bond acceptors (Lipinski definition) is 3. The molecule has 108 valence electrons. The molecule has 1 aliphatic rings. The predicted molar refractivity (Wildman–Crippen MR) is 71.8 cm³/mol. The summed E-state index contributed by atoms with van der Waals surface area (Å²) in [5, 5.41) is 11.5. The highest BCUT2D eigenvalue weighted by atomic mass is 16.5. The molecule has 1 atom stereocenters. The summed E-state index contributed by atoms with van der Waals surface area (Å²) in [7, 11) is 0. The van der Waals surface area contributed by atoms with E-state index in [0.717, 1.165) is 6.42 Å². The summed E-state index contributed by atoms with van der Waals surface area (Å²) < 4.78 is 5.07. The minimum absolute atomic E-state index is 0.0312. The Hall–Kier alpha value is -1.36. The Kier molecular flexibility index (Phi) is 7.18. The van der Waals surface area contributed by atoms with Gasteiger partial charge in [-0.2, -0.15) is 0 Å². The van der Waals surface area contributed by atoms with Crippen molar-refractivity contribution in [2.75, 3.05) is 13.2 Å². The summed E-state index contributed by atoms with van der Waals surface area (Å²) in [4.78, 5) is 22.7. The number of carbonyl (C=O) groups is 2. The summed E-state index contributed by atoms with van der Waals surface area (Å²) in [6, 6.07) is -0.976. The Morgan fingerprint density at radius 2 is 2.11 bits per heavy atom. The SMILES string of the molecule is C=CCOCC(NC(=O)CCC1CCCC1)C(=O)O. The lowest BCUT2D eigenvalue weighted by Crippen LogP contribution is -2.44. The van der Waals surface area contributed by atoms with E-state index in [1.54, 1.807) is 6.08 Å². The van der Waals surface area contributed by atoms with Crippen molar-refractivity contribution < 1.29 is 19.4 Å². The van der Waals surface area contributed by atoms with Crippen LogP contribution in [-0.4, -0.2) is 36.2 Å². The van der Waals surface area contributed by atoms with Gasteiger partial charge in [0.2, 0.25) is 5.91 Å². The van der Waals surface area contributed by atoms with Crippen molar-refractivity contribution in [1.82, 2.24) is 5.32 Å². The number of nitrogens with one attached hydrogen (secondary N) is 1. The molecule has 0 aromatic rings. The third-order valence-corrected chi connectivity index (χ3v) is 3.41. The molecule has 0 spiro atoms. The zero-order chi connectivity index (χ0) is 14.1. The predicted octanol–water partition coefficient (Wildman–Crippen LogP) is 1.73. The van der Waals surface area contributed by atoms with E-state index in [9.17, 15) is 9.59 Å². The number of aliphatic carboxylic acids is 1. The number of carboxylic acids is 1. The molecule has 1 rings (SSSR count). The smallest absolute Gasteiger partial charge is 0.328 e. The molecular formula is C14H23NO4. The standard InChI is InChI=1S/C14H23NO4/c1-2-9-19-10-12(14(17)18)15-13(16)8-7-11-5-3-4-6-11/h2,11-12H,1,3-10H2,(H,15,16)(H,17,18). The highest BCUT2D eigenvalue weighted by Gasteiger charge is 2.21. The molecule has 0 aliphatic heterocycles. The van der Waals surface area contributed by atoms with Gasteiger partial charge in [0, 0.05) is 6.42 Å². The van der Waals surface area contributed by atoms with Gasteiger partial charge in [-0.25, -0.2) is 4.79 Å². The number of carboxylic acid groups (broad SMARTS) is 1. The number of rotatable bonds is 9. The van der Waals surface area contributed by atoms with Crippen molar-refractivity contribution >= 4 is 11.9 Å². The first-order valence-corrected chi connectivity index (χ1v) is 6.84. The van der Waals surface area contributed by atoms with Crippen molar-refractivity contribution in [1.29, 1.82) is 0 Å².